The molecule has 7 heteroatoms. The summed E-state index contributed by atoms with van der Waals surface area (Å²) >= 11 is 1.78. The summed E-state index contributed by atoms with van der Waals surface area (Å²) in [5.74, 6) is 2.25. The highest BCUT2D eigenvalue weighted by Gasteiger charge is 2.08. The third kappa shape index (κ3) is 4.99. The first-order chi connectivity index (χ1) is 11.7. The Hall–Kier alpha value is -2.02. The van der Waals surface area contributed by atoms with Gasteiger partial charge in [0, 0.05) is 31.2 Å². The summed E-state index contributed by atoms with van der Waals surface area (Å²) in [6.45, 7) is 5.93. The van der Waals surface area contributed by atoms with Crippen molar-refractivity contribution in [3.8, 4) is 5.69 Å². The second-order valence-corrected chi connectivity index (χ2v) is 6.23. The number of hydrogen-bond acceptors (Lipinski definition) is 3. The number of nitrogens with one attached hydrogen (secondary N) is 2. The van der Waals surface area contributed by atoms with Crippen LogP contribution >= 0.6 is 11.8 Å². The Morgan fingerprint density at radius 3 is 2.83 bits per heavy atom. The van der Waals surface area contributed by atoms with Gasteiger partial charge in [-0.25, -0.2) is 14.4 Å². The normalized spacial score (nSPS) is 11.6. The number of nitrogens with zero attached hydrogens (tertiary/aromatic N) is 3. The van der Waals surface area contributed by atoms with Crippen LogP contribution in [0.3, 0.4) is 0 Å². The molecule has 2 rings (SSSR count). The van der Waals surface area contributed by atoms with Crippen molar-refractivity contribution in [3.63, 3.8) is 0 Å². The topological polar surface area (TPSA) is 54.2 Å². The van der Waals surface area contributed by atoms with Gasteiger partial charge in [0.05, 0.1) is 12.2 Å². The molecular weight excluding hydrogens is 325 g/mol. The predicted octanol–water partition coefficient (Wildman–Crippen LogP) is 2.74. The summed E-state index contributed by atoms with van der Waals surface area (Å²) < 4.78 is 16.1. The molecule has 0 radical (unpaired) electrons. The molecule has 0 fully saturated rings. The molecule has 1 aromatic heterocycles. The van der Waals surface area contributed by atoms with Gasteiger partial charge in [-0.1, -0.05) is 6.07 Å². The number of benzene rings is 1. The quantitative estimate of drug-likeness (QED) is 0.458. The molecule has 0 aliphatic carbocycles. The van der Waals surface area contributed by atoms with Gasteiger partial charge in [0.25, 0.3) is 0 Å². The molecule has 24 heavy (non-hydrogen) atoms. The van der Waals surface area contributed by atoms with Gasteiger partial charge in [0.1, 0.15) is 11.6 Å². The zero-order chi connectivity index (χ0) is 17.4. The van der Waals surface area contributed by atoms with Crippen LogP contribution < -0.4 is 10.6 Å². The van der Waals surface area contributed by atoms with Crippen LogP contribution in [0, 0.1) is 12.7 Å². The first-order valence-corrected chi connectivity index (χ1v) is 9.35. The number of hydrogen-bond donors (Lipinski definition) is 2. The number of imidazole rings is 1. The summed E-state index contributed by atoms with van der Waals surface area (Å²) in [5, 5.41) is 6.45. The molecule has 0 aliphatic rings. The summed E-state index contributed by atoms with van der Waals surface area (Å²) in [7, 11) is 0. The van der Waals surface area contributed by atoms with Crippen LogP contribution in [0.15, 0.2) is 35.6 Å². The van der Waals surface area contributed by atoms with E-state index in [0.717, 1.165) is 36.2 Å². The SMILES string of the molecule is CCNC(=NCc1ccc(-n2ccnc2C)c(F)c1)NCCSC. The van der Waals surface area contributed by atoms with Crippen LogP contribution in [0.25, 0.3) is 5.69 Å². The molecule has 0 unspecified atom stereocenters. The molecule has 0 amide bonds. The highest BCUT2D eigenvalue weighted by molar-refractivity contribution is 7.98. The smallest absolute Gasteiger partial charge is 0.191 e. The van der Waals surface area contributed by atoms with Gasteiger partial charge >= 0.3 is 0 Å². The molecule has 5 nitrogen and oxygen atoms in total. The van der Waals surface area contributed by atoms with Crippen molar-refractivity contribution in [3.05, 3.63) is 47.8 Å². The van der Waals surface area contributed by atoms with E-state index in [1.807, 2.05) is 19.9 Å². The minimum Gasteiger partial charge on any atom is -0.357 e. The average Bonchev–Trinajstić information content (AvgIpc) is 2.99. The van der Waals surface area contributed by atoms with E-state index in [-0.39, 0.29) is 5.82 Å². The Balaban J connectivity index is 2.08. The molecule has 0 bridgehead atoms. The Morgan fingerprint density at radius 2 is 2.21 bits per heavy atom. The second-order valence-electron chi connectivity index (χ2n) is 5.24. The monoisotopic (exact) mass is 349 g/mol. The van der Waals surface area contributed by atoms with E-state index in [9.17, 15) is 4.39 Å². The van der Waals surface area contributed by atoms with E-state index in [0.29, 0.717) is 12.2 Å². The maximum absolute atomic E-state index is 14.4. The molecule has 0 saturated heterocycles. The number of thioether (sulfide) groups is 1. The lowest BCUT2D eigenvalue weighted by Crippen LogP contribution is -2.38. The number of guanidine groups is 1. The molecule has 0 saturated carbocycles. The molecule has 1 heterocycles. The number of aromatic nitrogens is 2. The van der Waals surface area contributed by atoms with Gasteiger partial charge in [-0.05, 0) is 37.8 Å². The minimum absolute atomic E-state index is 0.274. The number of halogens is 1. The maximum atomic E-state index is 14.4. The standard InChI is InChI=1S/C17H24FN5S/c1-4-19-17(21-8-10-24-3)22-12-14-5-6-16(15(18)11-14)23-9-7-20-13(23)2/h5-7,9,11H,4,8,10,12H2,1-3H3,(H2,19,21,22). The van der Waals surface area contributed by atoms with E-state index in [1.165, 1.54) is 6.07 Å². The van der Waals surface area contributed by atoms with Crippen LogP contribution in [-0.2, 0) is 6.54 Å². The van der Waals surface area contributed by atoms with Gasteiger partial charge in [-0.15, -0.1) is 0 Å². The first kappa shape index (κ1) is 18.3. The lowest BCUT2D eigenvalue weighted by atomic mass is 10.2. The molecular formula is C17H24FN5S. The Morgan fingerprint density at radius 1 is 1.38 bits per heavy atom. The maximum Gasteiger partial charge on any atom is 0.191 e. The summed E-state index contributed by atoms with van der Waals surface area (Å²) in [6.07, 6.45) is 5.48. The number of aliphatic imine (C=N–C) groups is 1. The van der Waals surface area contributed by atoms with Crippen molar-refractivity contribution >= 4 is 17.7 Å². The summed E-state index contributed by atoms with van der Waals surface area (Å²) in [6, 6.07) is 5.19. The van der Waals surface area contributed by atoms with Crippen LogP contribution in [0.4, 0.5) is 4.39 Å². The Kier molecular flexibility index (Phi) is 7.11. The zero-order valence-corrected chi connectivity index (χ0v) is 15.2. The van der Waals surface area contributed by atoms with Crippen LogP contribution in [-0.4, -0.2) is 40.6 Å². The Labute approximate surface area is 146 Å². The van der Waals surface area contributed by atoms with Crippen molar-refractivity contribution in [2.24, 2.45) is 4.99 Å². The van der Waals surface area contributed by atoms with Crippen LogP contribution in [0.5, 0.6) is 0 Å². The molecule has 0 spiro atoms. The van der Waals surface area contributed by atoms with E-state index < -0.39 is 0 Å². The third-order valence-corrected chi connectivity index (χ3v) is 4.07. The minimum atomic E-state index is -0.274. The van der Waals surface area contributed by atoms with E-state index in [4.69, 9.17) is 0 Å². The molecule has 130 valence electrons. The van der Waals surface area contributed by atoms with Crippen molar-refractivity contribution < 1.29 is 4.39 Å². The number of aryl methyl sites for hydroxylation is 1. The van der Waals surface area contributed by atoms with Crippen LogP contribution in [0.2, 0.25) is 0 Å². The Bertz CT molecular complexity index is 683. The average molecular weight is 349 g/mol. The third-order valence-electron chi connectivity index (χ3n) is 3.46. The fourth-order valence-electron chi connectivity index (χ4n) is 2.26. The molecule has 0 atom stereocenters. The highest BCUT2D eigenvalue weighted by Crippen LogP contribution is 2.17. The summed E-state index contributed by atoms with van der Waals surface area (Å²) in [5.41, 5.74) is 1.33. The van der Waals surface area contributed by atoms with Crippen molar-refractivity contribution in [2.45, 2.75) is 20.4 Å². The largest absolute Gasteiger partial charge is 0.357 e. The fourth-order valence-corrected chi connectivity index (χ4v) is 2.57. The van der Waals surface area contributed by atoms with Gasteiger partial charge in [-0.2, -0.15) is 11.8 Å². The predicted molar refractivity (Wildman–Crippen MR) is 99.5 cm³/mol. The first-order valence-electron chi connectivity index (χ1n) is 7.95. The lowest BCUT2D eigenvalue weighted by Gasteiger charge is -2.11. The van der Waals surface area contributed by atoms with Crippen molar-refractivity contribution in [1.29, 1.82) is 0 Å². The van der Waals surface area contributed by atoms with Gasteiger partial charge in [0.15, 0.2) is 5.96 Å². The summed E-state index contributed by atoms with van der Waals surface area (Å²) in [4.78, 5) is 8.63. The molecule has 2 aromatic rings. The van der Waals surface area contributed by atoms with Crippen molar-refractivity contribution in [1.82, 2.24) is 20.2 Å². The van der Waals surface area contributed by atoms with E-state index >= 15 is 0 Å². The fraction of sp³-hybridized carbons (Fsp3) is 0.412. The molecule has 2 N–H and O–H groups in total. The van der Waals surface area contributed by atoms with E-state index in [1.54, 1.807) is 34.8 Å². The van der Waals surface area contributed by atoms with Crippen molar-refractivity contribution in [2.75, 3.05) is 25.1 Å². The van der Waals surface area contributed by atoms with Crippen LogP contribution in [0.1, 0.15) is 18.3 Å². The molecule has 1 aromatic carbocycles. The van der Waals surface area contributed by atoms with Gasteiger partial charge in [0.2, 0.25) is 0 Å². The van der Waals surface area contributed by atoms with E-state index in [2.05, 4.69) is 26.9 Å². The lowest BCUT2D eigenvalue weighted by molar-refractivity contribution is 0.614. The van der Waals surface area contributed by atoms with Gasteiger partial charge < -0.3 is 15.2 Å². The highest BCUT2D eigenvalue weighted by atomic mass is 32.2. The zero-order valence-electron chi connectivity index (χ0n) is 14.3. The number of rotatable bonds is 7. The van der Waals surface area contributed by atoms with Gasteiger partial charge in [-0.3, -0.25) is 0 Å². The molecule has 0 aliphatic heterocycles. The second kappa shape index (κ2) is 9.32.